The molecule has 3 aromatic rings. The van der Waals surface area contributed by atoms with E-state index in [2.05, 4.69) is 29.7 Å². The first-order valence-corrected chi connectivity index (χ1v) is 14.0. The molecule has 1 spiro atoms. The summed E-state index contributed by atoms with van der Waals surface area (Å²) in [6.45, 7) is 3.86. The molecule has 0 aromatic heterocycles. The highest BCUT2D eigenvalue weighted by atomic mass is 19.1. The maximum Gasteiger partial charge on any atom is 0.251 e. The molecule has 8 heteroatoms. The summed E-state index contributed by atoms with van der Waals surface area (Å²) in [5.41, 5.74) is 5.08. The van der Waals surface area contributed by atoms with Gasteiger partial charge in [0.2, 0.25) is 0 Å². The lowest BCUT2D eigenvalue weighted by molar-refractivity contribution is -0.163. The van der Waals surface area contributed by atoms with E-state index in [9.17, 15) is 18.7 Å². The van der Waals surface area contributed by atoms with Crippen molar-refractivity contribution in [2.45, 2.75) is 63.5 Å². The Morgan fingerprint density at radius 2 is 1.73 bits per heavy atom. The summed E-state index contributed by atoms with van der Waals surface area (Å²) in [6, 6.07) is 16.3. The number of fused-ring (bicyclic) bond motifs is 1. The molecule has 5 rings (SSSR count). The van der Waals surface area contributed by atoms with Gasteiger partial charge < -0.3 is 25.2 Å². The number of rotatable bonds is 10. The van der Waals surface area contributed by atoms with Gasteiger partial charge in [0, 0.05) is 37.6 Å². The number of nitrogens with one attached hydrogen (secondary N) is 2. The number of hydrogen-bond acceptors (Lipinski definition) is 5. The highest BCUT2D eigenvalue weighted by molar-refractivity contribution is 5.96. The normalized spacial score (nSPS) is 17.4. The molecule has 1 heterocycles. The lowest BCUT2D eigenvalue weighted by Gasteiger charge is -2.34. The summed E-state index contributed by atoms with van der Waals surface area (Å²) in [4.78, 5) is 13.7. The van der Waals surface area contributed by atoms with Gasteiger partial charge in [-0.1, -0.05) is 43.3 Å². The van der Waals surface area contributed by atoms with Crippen LogP contribution in [0.3, 0.4) is 0 Å². The minimum Gasteiger partial charge on any atom is -0.390 e. The number of halogens is 2. The summed E-state index contributed by atoms with van der Waals surface area (Å²) >= 11 is 0. The van der Waals surface area contributed by atoms with Gasteiger partial charge in [-0.25, -0.2) is 8.78 Å². The van der Waals surface area contributed by atoms with Crippen molar-refractivity contribution in [2.75, 3.05) is 19.8 Å². The fraction of sp³-hybridized carbons (Fsp3) is 0.406. The van der Waals surface area contributed by atoms with Crippen molar-refractivity contribution in [2.24, 2.45) is 0 Å². The molecule has 2 atom stereocenters. The van der Waals surface area contributed by atoms with Crippen molar-refractivity contribution in [3.8, 4) is 0 Å². The first-order valence-electron chi connectivity index (χ1n) is 14.0. The highest BCUT2D eigenvalue weighted by Crippen LogP contribution is 2.36. The minimum atomic E-state index is -1.02. The summed E-state index contributed by atoms with van der Waals surface area (Å²) in [6.07, 6.45) is 1.89. The SMILES string of the molecule is CCc1cccc(CNC[C@H](O)[C@@H](Cc2cc(F)cc(F)c2)NC(=O)c2cccc3c2CC2(CC3)OCCO2)c1. The third-order valence-electron chi connectivity index (χ3n) is 7.79. The van der Waals surface area contributed by atoms with Gasteiger partial charge in [-0.15, -0.1) is 0 Å². The predicted molar refractivity (Wildman–Crippen MR) is 148 cm³/mol. The van der Waals surface area contributed by atoms with Crippen LogP contribution in [0.4, 0.5) is 8.78 Å². The topological polar surface area (TPSA) is 79.8 Å². The Hall–Kier alpha value is -3.17. The Balaban J connectivity index is 1.33. The minimum absolute atomic E-state index is 0.0553. The molecule has 1 fully saturated rings. The number of ether oxygens (including phenoxy) is 2. The Kier molecular flexibility index (Phi) is 8.90. The summed E-state index contributed by atoms with van der Waals surface area (Å²) in [7, 11) is 0. The van der Waals surface area contributed by atoms with Crippen molar-refractivity contribution in [3.05, 3.63) is 106 Å². The Morgan fingerprint density at radius 1 is 1.00 bits per heavy atom. The van der Waals surface area contributed by atoms with Crippen molar-refractivity contribution < 1.29 is 28.2 Å². The first-order chi connectivity index (χ1) is 19.3. The zero-order valence-electron chi connectivity index (χ0n) is 22.7. The van der Waals surface area contributed by atoms with E-state index >= 15 is 0 Å². The van der Waals surface area contributed by atoms with Crippen LogP contribution in [0, 0.1) is 11.6 Å². The average Bonchev–Trinajstić information content (AvgIpc) is 3.39. The summed E-state index contributed by atoms with van der Waals surface area (Å²) in [5, 5.41) is 17.4. The molecule has 1 saturated heterocycles. The third-order valence-corrected chi connectivity index (χ3v) is 7.79. The standard InChI is InChI=1S/C32H36F2N2O4/c1-2-21-5-3-6-22(13-21)19-35-20-30(37)29(16-23-14-25(33)17-26(34)15-23)36-31(38)27-8-4-7-24-9-10-32(18-28(24)27)39-11-12-40-32/h3-8,13-15,17,29-30,35,37H,2,9-12,16,18-20H2,1H3,(H,36,38)/t29-,30+/m1/s1. The van der Waals surface area contributed by atoms with E-state index in [-0.39, 0.29) is 18.9 Å². The van der Waals surface area contributed by atoms with Gasteiger partial charge in [-0.05, 0) is 65.3 Å². The number of aliphatic hydroxyl groups is 1. The lowest BCUT2D eigenvalue weighted by atomic mass is 9.84. The third kappa shape index (κ3) is 6.75. The molecule has 1 aliphatic carbocycles. The number of carbonyl (C=O) groups excluding carboxylic acids is 1. The number of aryl methyl sites for hydroxylation is 2. The molecule has 3 N–H and O–H groups in total. The van der Waals surface area contributed by atoms with E-state index < -0.39 is 29.6 Å². The molecule has 1 aliphatic heterocycles. The number of benzene rings is 3. The van der Waals surface area contributed by atoms with Crippen LogP contribution in [-0.2, 0) is 41.7 Å². The van der Waals surface area contributed by atoms with Gasteiger partial charge >= 0.3 is 0 Å². The molecular formula is C32H36F2N2O4. The molecule has 0 saturated carbocycles. The van der Waals surface area contributed by atoms with Crippen molar-refractivity contribution in [3.63, 3.8) is 0 Å². The van der Waals surface area contributed by atoms with Gasteiger partial charge in [0.1, 0.15) is 11.6 Å². The lowest BCUT2D eigenvalue weighted by Crippen LogP contribution is -2.49. The molecule has 212 valence electrons. The van der Waals surface area contributed by atoms with E-state index in [1.807, 2.05) is 24.3 Å². The van der Waals surface area contributed by atoms with Gasteiger partial charge in [-0.3, -0.25) is 4.79 Å². The Labute approximate surface area is 233 Å². The van der Waals surface area contributed by atoms with E-state index in [1.165, 1.54) is 17.7 Å². The summed E-state index contributed by atoms with van der Waals surface area (Å²) < 4.78 is 39.8. The molecule has 40 heavy (non-hydrogen) atoms. The molecule has 2 aliphatic rings. The van der Waals surface area contributed by atoms with Crippen LogP contribution in [0.15, 0.2) is 60.7 Å². The molecule has 0 radical (unpaired) electrons. The quantitative estimate of drug-likeness (QED) is 0.352. The molecule has 1 amide bonds. The van der Waals surface area contributed by atoms with E-state index in [1.54, 1.807) is 6.07 Å². The van der Waals surface area contributed by atoms with Crippen LogP contribution in [0.5, 0.6) is 0 Å². The highest BCUT2D eigenvalue weighted by Gasteiger charge is 2.41. The molecule has 6 nitrogen and oxygen atoms in total. The number of amides is 1. The van der Waals surface area contributed by atoms with Crippen LogP contribution in [-0.4, -0.2) is 48.7 Å². The van der Waals surface area contributed by atoms with Crippen molar-refractivity contribution in [1.29, 1.82) is 0 Å². The average molecular weight is 551 g/mol. The number of aliphatic hydroxyl groups excluding tert-OH is 1. The molecule has 0 bridgehead atoms. The van der Waals surface area contributed by atoms with Crippen LogP contribution in [0.25, 0.3) is 0 Å². The second-order valence-corrected chi connectivity index (χ2v) is 10.7. The van der Waals surface area contributed by atoms with Crippen molar-refractivity contribution in [1.82, 2.24) is 10.6 Å². The van der Waals surface area contributed by atoms with E-state index in [4.69, 9.17) is 9.47 Å². The fourth-order valence-corrected chi connectivity index (χ4v) is 5.69. The van der Waals surface area contributed by atoms with Gasteiger partial charge in [0.15, 0.2) is 5.79 Å². The van der Waals surface area contributed by atoms with Crippen LogP contribution < -0.4 is 10.6 Å². The largest absolute Gasteiger partial charge is 0.390 e. The second kappa shape index (κ2) is 12.6. The maximum absolute atomic E-state index is 14.0. The van der Waals surface area contributed by atoms with Gasteiger partial charge in [0.05, 0.1) is 25.4 Å². The van der Waals surface area contributed by atoms with Gasteiger partial charge in [0.25, 0.3) is 5.91 Å². The zero-order valence-corrected chi connectivity index (χ0v) is 22.7. The van der Waals surface area contributed by atoms with Crippen LogP contribution in [0.2, 0.25) is 0 Å². The van der Waals surface area contributed by atoms with E-state index in [0.29, 0.717) is 37.3 Å². The second-order valence-electron chi connectivity index (χ2n) is 10.7. The Bertz CT molecular complexity index is 1320. The molecule has 0 unspecified atom stereocenters. The summed E-state index contributed by atoms with van der Waals surface area (Å²) in [5.74, 6) is -2.48. The molecule has 3 aromatic carbocycles. The fourth-order valence-electron chi connectivity index (χ4n) is 5.69. The van der Waals surface area contributed by atoms with Gasteiger partial charge in [-0.2, -0.15) is 0 Å². The van der Waals surface area contributed by atoms with Crippen molar-refractivity contribution >= 4 is 5.91 Å². The van der Waals surface area contributed by atoms with Crippen LogP contribution >= 0.6 is 0 Å². The van der Waals surface area contributed by atoms with Crippen LogP contribution in [0.1, 0.15) is 51.5 Å². The van der Waals surface area contributed by atoms with E-state index in [0.717, 1.165) is 42.0 Å². The Morgan fingerprint density at radius 3 is 2.48 bits per heavy atom. The molecular weight excluding hydrogens is 514 g/mol. The zero-order chi connectivity index (χ0) is 28.1. The monoisotopic (exact) mass is 550 g/mol. The maximum atomic E-state index is 14.0. The first kappa shape index (κ1) is 28.4. The number of hydrogen-bond donors (Lipinski definition) is 3. The number of carbonyl (C=O) groups is 1. The smallest absolute Gasteiger partial charge is 0.251 e. The predicted octanol–water partition coefficient (Wildman–Crippen LogP) is 4.25.